The van der Waals surface area contributed by atoms with Gasteiger partial charge in [-0.15, -0.1) is 0 Å². The fourth-order valence-corrected chi connectivity index (χ4v) is 2.02. The average molecular weight is 310 g/mol. The molecule has 0 aliphatic rings. The maximum Gasteiger partial charge on any atom is 0.272 e. The first-order valence-corrected chi connectivity index (χ1v) is 6.74. The molecule has 0 aliphatic heterocycles. The number of aryl methyl sites for hydroxylation is 1. The van der Waals surface area contributed by atoms with E-state index in [2.05, 4.69) is 10.4 Å². The number of aliphatic hydroxyl groups excluding tert-OH is 2. The Morgan fingerprint density at radius 2 is 2.05 bits per heavy atom. The van der Waals surface area contributed by atoms with Crippen LogP contribution < -0.4 is 5.32 Å². The quantitative estimate of drug-likeness (QED) is 0.766. The van der Waals surface area contributed by atoms with E-state index in [0.29, 0.717) is 10.6 Å². The predicted molar refractivity (Wildman–Crippen MR) is 78.0 cm³/mol. The summed E-state index contributed by atoms with van der Waals surface area (Å²) in [6, 6.07) is 7.27. The number of aliphatic hydroxyl groups is 2. The van der Waals surface area contributed by atoms with Gasteiger partial charge in [0.25, 0.3) is 5.91 Å². The van der Waals surface area contributed by atoms with Crippen molar-refractivity contribution in [2.45, 2.75) is 12.1 Å². The third-order valence-corrected chi connectivity index (χ3v) is 3.30. The van der Waals surface area contributed by atoms with E-state index in [1.54, 1.807) is 43.6 Å². The number of nitrogens with one attached hydrogen (secondary N) is 1. The molecular formula is C14H16ClN3O3. The lowest BCUT2D eigenvalue weighted by Gasteiger charge is -2.22. The summed E-state index contributed by atoms with van der Waals surface area (Å²) in [6.45, 7) is -0.400. The molecule has 1 aromatic carbocycles. The van der Waals surface area contributed by atoms with E-state index in [4.69, 9.17) is 11.6 Å². The van der Waals surface area contributed by atoms with Crippen LogP contribution in [0.4, 0.5) is 0 Å². The number of hydrogen-bond donors (Lipinski definition) is 3. The Balaban J connectivity index is 2.08. The third kappa shape index (κ3) is 3.81. The molecule has 2 rings (SSSR count). The first-order valence-electron chi connectivity index (χ1n) is 6.36. The molecule has 3 N–H and O–H groups in total. The molecule has 21 heavy (non-hydrogen) atoms. The van der Waals surface area contributed by atoms with Crippen LogP contribution in [0.25, 0.3) is 0 Å². The van der Waals surface area contributed by atoms with E-state index in [9.17, 15) is 15.0 Å². The van der Waals surface area contributed by atoms with Gasteiger partial charge in [0, 0.05) is 18.3 Å². The molecule has 1 aromatic heterocycles. The van der Waals surface area contributed by atoms with Gasteiger partial charge >= 0.3 is 0 Å². The Kier molecular flexibility index (Phi) is 4.95. The summed E-state index contributed by atoms with van der Waals surface area (Å²) in [5.74, 6) is -0.456. The van der Waals surface area contributed by atoms with E-state index < -0.39 is 24.7 Å². The van der Waals surface area contributed by atoms with Crippen molar-refractivity contribution in [1.82, 2.24) is 15.1 Å². The van der Waals surface area contributed by atoms with Crippen molar-refractivity contribution in [3.05, 3.63) is 52.8 Å². The standard InChI is InChI=1S/C14H16ClN3O3/c1-18-7-6-11(17-18)14(21)16-12(8-19)13(20)9-2-4-10(15)5-3-9/h2-7,12-13,19-20H,8H2,1H3,(H,16,21). The minimum absolute atomic E-state index is 0.222. The van der Waals surface area contributed by atoms with Gasteiger partial charge in [0.2, 0.25) is 0 Å². The lowest BCUT2D eigenvalue weighted by Crippen LogP contribution is -2.42. The van der Waals surface area contributed by atoms with Crippen molar-refractivity contribution in [3.63, 3.8) is 0 Å². The van der Waals surface area contributed by atoms with Crippen molar-refractivity contribution in [2.24, 2.45) is 7.05 Å². The second-order valence-electron chi connectivity index (χ2n) is 4.63. The number of rotatable bonds is 5. The summed E-state index contributed by atoms with van der Waals surface area (Å²) in [5.41, 5.74) is 0.777. The SMILES string of the molecule is Cn1ccc(C(=O)NC(CO)C(O)c2ccc(Cl)cc2)n1. The van der Waals surface area contributed by atoms with Crippen LogP contribution in [0.15, 0.2) is 36.5 Å². The van der Waals surface area contributed by atoms with E-state index in [1.165, 1.54) is 4.68 Å². The Hall–Kier alpha value is -1.89. The molecule has 6 nitrogen and oxygen atoms in total. The third-order valence-electron chi connectivity index (χ3n) is 3.05. The lowest BCUT2D eigenvalue weighted by molar-refractivity contribution is 0.0699. The molecule has 2 atom stereocenters. The predicted octanol–water partition coefficient (Wildman–Crippen LogP) is 0.898. The zero-order valence-corrected chi connectivity index (χ0v) is 12.2. The van der Waals surface area contributed by atoms with E-state index >= 15 is 0 Å². The molecule has 0 spiro atoms. The highest BCUT2D eigenvalue weighted by Gasteiger charge is 2.23. The van der Waals surface area contributed by atoms with Gasteiger partial charge in [0.05, 0.1) is 12.6 Å². The number of nitrogens with zero attached hydrogens (tertiary/aromatic N) is 2. The van der Waals surface area contributed by atoms with Crippen LogP contribution >= 0.6 is 11.6 Å². The smallest absolute Gasteiger partial charge is 0.272 e. The van der Waals surface area contributed by atoms with Crippen LogP contribution in [-0.4, -0.2) is 38.5 Å². The van der Waals surface area contributed by atoms with E-state index in [0.717, 1.165) is 0 Å². The fourth-order valence-electron chi connectivity index (χ4n) is 1.90. The molecule has 0 bridgehead atoms. The lowest BCUT2D eigenvalue weighted by atomic mass is 10.0. The molecule has 112 valence electrons. The molecule has 0 radical (unpaired) electrons. The van der Waals surface area contributed by atoms with Gasteiger partial charge in [-0.3, -0.25) is 9.48 Å². The Bertz CT molecular complexity index is 612. The minimum atomic E-state index is -1.04. The zero-order chi connectivity index (χ0) is 15.4. The van der Waals surface area contributed by atoms with Gasteiger partial charge in [0.15, 0.2) is 0 Å². The number of aromatic nitrogens is 2. The number of carbonyl (C=O) groups excluding carboxylic acids is 1. The molecule has 0 fully saturated rings. The Morgan fingerprint density at radius 1 is 1.38 bits per heavy atom. The molecule has 0 saturated heterocycles. The summed E-state index contributed by atoms with van der Waals surface area (Å²) >= 11 is 5.79. The molecule has 0 saturated carbocycles. The second-order valence-corrected chi connectivity index (χ2v) is 5.07. The maximum atomic E-state index is 12.0. The van der Waals surface area contributed by atoms with Gasteiger partial charge in [-0.2, -0.15) is 5.10 Å². The number of carbonyl (C=O) groups is 1. The molecule has 1 amide bonds. The summed E-state index contributed by atoms with van der Waals surface area (Å²) < 4.78 is 1.50. The second kappa shape index (κ2) is 6.71. The van der Waals surface area contributed by atoms with Gasteiger partial charge < -0.3 is 15.5 Å². The summed E-state index contributed by atoms with van der Waals surface area (Å²) in [7, 11) is 1.70. The van der Waals surface area contributed by atoms with E-state index in [-0.39, 0.29) is 5.69 Å². The van der Waals surface area contributed by atoms with Crippen molar-refractivity contribution >= 4 is 17.5 Å². The minimum Gasteiger partial charge on any atom is -0.394 e. The zero-order valence-electron chi connectivity index (χ0n) is 11.4. The number of halogens is 1. The highest BCUT2D eigenvalue weighted by Crippen LogP contribution is 2.19. The molecular weight excluding hydrogens is 294 g/mol. The monoisotopic (exact) mass is 309 g/mol. The molecule has 1 heterocycles. The number of amides is 1. The van der Waals surface area contributed by atoms with E-state index in [1.807, 2.05) is 0 Å². The van der Waals surface area contributed by atoms with Crippen LogP contribution in [0.1, 0.15) is 22.2 Å². The number of benzene rings is 1. The fraction of sp³-hybridized carbons (Fsp3) is 0.286. The maximum absolute atomic E-state index is 12.0. The number of hydrogen-bond acceptors (Lipinski definition) is 4. The summed E-state index contributed by atoms with van der Waals surface area (Å²) in [6.07, 6.45) is 0.596. The summed E-state index contributed by atoms with van der Waals surface area (Å²) in [5, 5.41) is 26.7. The first kappa shape index (κ1) is 15.5. The topological polar surface area (TPSA) is 87.4 Å². The Morgan fingerprint density at radius 3 is 2.57 bits per heavy atom. The van der Waals surface area contributed by atoms with Gasteiger partial charge in [-0.25, -0.2) is 0 Å². The largest absolute Gasteiger partial charge is 0.394 e. The van der Waals surface area contributed by atoms with Gasteiger partial charge in [-0.05, 0) is 23.8 Å². The van der Waals surface area contributed by atoms with Crippen molar-refractivity contribution in [3.8, 4) is 0 Å². The Labute approximate surface area is 127 Å². The van der Waals surface area contributed by atoms with Gasteiger partial charge in [0.1, 0.15) is 11.8 Å². The van der Waals surface area contributed by atoms with Gasteiger partial charge in [-0.1, -0.05) is 23.7 Å². The van der Waals surface area contributed by atoms with Crippen molar-refractivity contribution < 1.29 is 15.0 Å². The van der Waals surface area contributed by atoms with Crippen molar-refractivity contribution in [2.75, 3.05) is 6.61 Å². The van der Waals surface area contributed by atoms with Crippen LogP contribution in [-0.2, 0) is 7.05 Å². The molecule has 2 unspecified atom stereocenters. The average Bonchev–Trinajstić information content (AvgIpc) is 2.91. The highest BCUT2D eigenvalue weighted by molar-refractivity contribution is 6.30. The van der Waals surface area contributed by atoms with Crippen LogP contribution in [0.3, 0.4) is 0 Å². The van der Waals surface area contributed by atoms with Crippen LogP contribution in [0.2, 0.25) is 5.02 Å². The van der Waals surface area contributed by atoms with Crippen LogP contribution in [0, 0.1) is 0 Å². The van der Waals surface area contributed by atoms with Crippen LogP contribution in [0.5, 0.6) is 0 Å². The first-order chi connectivity index (χ1) is 10.0. The normalized spacial score (nSPS) is 13.7. The highest BCUT2D eigenvalue weighted by atomic mass is 35.5. The van der Waals surface area contributed by atoms with Crippen molar-refractivity contribution in [1.29, 1.82) is 0 Å². The molecule has 0 aliphatic carbocycles. The molecule has 2 aromatic rings. The molecule has 7 heteroatoms. The summed E-state index contributed by atoms with van der Waals surface area (Å²) in [4.78, 5) is 12.0.